The first-order valence-corrected chi connectivity index (χ1v) is 9.14. The molecular weight excluding hydrogens is 388 g/mol. The fourth-order valence-electron chi connectivity index (χ4n) is 2.56. The van der Waals surface area contributed by atoms with E-state index in [-0.39, 0.29) is 50.7 Å². The molecule has 0 heterocycles. The van der Waals surface area contributed by atoms with E-state index in [1.165, 1.54) is 14.0 Å². The van der Waals surface area contributed by atoms with Crippen LogP contribution in [-0.4, -0.2) is 69.8 Å². The van der Waals surface area contributed by atoms with Crippen molar-refractivity contribution in [3.8, 4) is 0 Å². The molecule has 0 spiro atoms. The molecule has 5 N–H and O–H groups in total. The SMILES string of the molecule is CNC(CCC(=O)CC(CCC(=O)NC(CCC(C)=O)C(=O)O)C(=O)O)C(=O)O. The molecule has 0 fully saturated rings. The topological polar surface area (TPSA) is 187 Å². The summed E-state index contributed by atoms with van der Waals surface area (Å²) in [5.41, 5.74) is 0. The van der Waals surface area contributed by atoms with Crippen LogP contribution in [0.15, 0.2) is 0 Å². The molecule has 0 aromatic heterocycles. The number of carbonyl (C=O) groups is 6. The summed E-state index contributed by atoms with van der Waals surface area (Å²) in [4.78, 5) is 68.2. The molecule has 0 saturated carbocycles. The van der Waals surface area contributed by atoms with Gasteiger partial charge in [-0.15, -0.1) is 0 Å². The van der Waals surface area contributed by atoms with E-state index in [0.717, 1.165) is 0 Å². The monoisotopic (exact) mass is 416 g/mol. The lowest BCUT2D eigenvalue weighted by molar-refractivity contribution is -0.145. The van der Waals surface area contributed by atoms with Gasteiger partial charge in [0.2, 0.25) is 5.91 Å². The van der Waals surface area contributed by atoms with Gasteiger partial charge in [0.25, 0.3) is 0 Å². The third-order valence-electron chi connectivity index (χ3n) is 4.32. The number of carbonyl (C=O) groups excluding carboxylic acids is 3. The highest BCUT2D eigenvalue weighted by Crippen LogP contribution is 2.15. The summed E-state index contributed by atoms with van der Waals surface area (Å²) in [6.45, 7) is 1.30. The highest BCUT2D eigenvalue weighted by molar-refractivity contribution is 5.86. The van der Waals surface area contributed by atoms with Crippen molar-refractivity contribution in [2.45, 2.75) is 64.0 Å². The summed E-state index contributed by atoms with van der Waals surface area (Å²) < 4.78 is 0. The van der Waals surface area contributed by atoms with Crippen LogP contribution in [0.25, 0.3) is 0 Å². The Bertz CT molecular complexity index is 633. The Morgan fingerprint density at radius 2 is 1.31 bits per heavy atom. The minimum atomic E-state index is -1.30. The number of carboxylic acid groups (broad SMARTS) is 3. The van der Waals surface area contributed by atoms with Gasteiger partial charge in [0.1, 0.15) is 23.7 Å². The van der Waals surface area contributed by atoms with Crippen molar-refractivity contribution in [1.29, 1.82) is 0 Å². The zero-order valence-corrected chi connectivity index (χ0v) is 16.5. The van der Waals surface area contributed by atoms with Crippen LogP contribution in [0, 0.1) is 5.92 Å². The number of ketones is 2. The lowest BCUT2D eigenvalue weighted by atomic mass is 9.94. The fourth-order valence-corrected chi connectivity index (χ4v) is 2.56. The van der Waals surface area contributed by atoms with Crippen molar-refractivity contribution in [3.63, 3.8) is 0 Å². The van der Waals surface area contributed by atoms with Gasteiger partial charge >= 0.3 is 17.9 Å². The lowest BCUT2D eigenvalue weighted by Gasteiger charge is -2.16. The zero-order chi connectivity index (χ0) is 22.6. The number of amides is 1. The Morgan fingerprint density at radius 1 is 0.759 bits per heavy atom. The molecule has 0 radical (unpaired) electrons. The number of Topliss-reactive ketones (excluding diaryl/α,β-unsaturated/α-hetero) is 2. The number of nitrogens with one attached hydrogen (secondary N) is 2. The van der Waals surface area contributed by atoms with E-state index < -0.39 is 47.6 Å². The van der Waals surface area contributed by atoms with Crippen LogP contribution in [0.4, 0.5) is 0 Å². The molecule has 0 saturated heterocycles. The first-order valence-electron chi connectivity index (χ1n) is 9.14. The highest BCUT2D eigenvalue weighted by atomic mass is 16.4. The average molecular weight is 416 g/mol. The Hall–Kier alpha value is -2.82. The maximum Gasteiger partial charge on any atom is 0.326 e. The van der Waals surface area contributed by atoms with Gasteiger partial charge in [0.15, 0.2) is 0 Å². The molecule has 11 heteroatoms. The second kappa shape index (κ2) is 13.4. The van der Waals surface area contributed by atoms with Crippen LogP contribution in [-0.2, 0) is 28.8 Å². The van der Waals surface area contributed by atoms with E-state index in [4.69, 9.17) is 10.2 Å². The van der Waals surface area contributed by atoms with Crippen molar-refractivity contribution in [3.05, 3.63) is 0 Å². The van der Waals surface area contributed by atoms with Crippen molar-refractivity contribution >= 4 is 35.4 Å². The number of hydrogen-bond donors (Lipinski definition) is 5. The average Bonchev–Trinajstić information content (AvgIpc) is 2.61. The second-order valence-corrected chi connectivity index (χ2v) is 6.73. The summed E-state index contributed by atoms with van der Waals surface area (Å²) in [6.07, 6.45) is -1.05. The van der Waals surface area contributed by atoms with Crippen LogP contribution in [0.1, 0.15) is 51.9 Å². The fraction of sp³-hybridized carbons (Fsp3) is 0.667. The van der Waals surface area contributed by atoms with Crippen LogP contribution >= 0.6 is 0 Å². The smallest absolute Gasteiger partial charge is 0.326 e. The number of likely N-dealkylation sites (N-methyl/N-ethyl adjacent to an activating group) is 1. The van der Waals surface area contributed by atoms with Crippen molar-refractivity contribution in [2.24, 2.45) is 5.92 Å². The van der Waals surface area contributed by atoms with Crippen molar-refractivity contribution in [1.82, 2.24) is 10.6 Å². The molecule has 29 heavy (non-hydrogen) atoms. The van der Waals surface area contributed by atoms with Crippen molar-refractivity contribution < 1.29 is 44.1 Å². The van der Waals surface area contributed by atoms with Gasteiger partial charge in [-0.25, -0.2) is 4.79 Å². The predicted molar refractivity (Wildman–Crippen MR) is 99.2 cm³/mol. The molecule has 3 atom stereocenters. The van der Waals surface area contributed by atoms with Gasteiger partial charge in [-0.05, 0) is 33.2 Å². The number of rotatable bonds is 16. The third-order valence-corrected chi connectivity index (χ3v) is 4.32. The molecule has 3 unspecified atom stereocenters. The molecule has 0 aromatic carbocycles. The largest absolute Gasteiger partial charge is 0.481 e. The van der Waals surface area contributed by atoms with E-state index in [1.807, 2.05) is 0 Å². The van der Waals surface area contributed by atoms with Crippen LogP contribution in [0.2, 0.25) is 0 Å². The van der Waals surface area contributed by atoms with Gasteiger partial charge in [0, 0.05) is 25.7 Å². The van der Waals surface area contributed by atoms with E-state index in [2.05, 4.69) is 10.6 Å². The van der Waals surface area contributed by atoms with E-state index in [9.17, 15) is 33.9 Å². The summed E-state index contributed by atoms with van der Waals surface area (Å²) in [5, 5.41) is 32.0. The van der Waals surface area contributed by atoms with E-state index >= 15 is 0 Å². The predicted octanol–water partition coefficient (Wildman–Crippen LogP) is -0.182. The Labute approximate surface area is 167 Å². The molecule has 0 bridgehead atoms. The lowest BCUT2D eigenvalue weighted by Crippen LogP contribution is -2.41. The molecule has 0 aliphatic carbocycles. The second-order valence-electron chi connectivity index (χ2n) is 6.73. The number of carboxylic acids is 3. The zero-order valence-electron chi connectivity index (χ0n) is 16.5. The first kappa shape index (κ1) is 26.2. The van der Waals surface area contributed by atoms with Gasteiger partial charge in [-0.2, -0.15) is 0 Å². The van der Waals surface area contributed by atoms with Gasteiger partial charge in [-0.3, -0.25) is 19.2 Å². The number of hydrogen-bond acceptors (Lipinski definition) is 7. The van der Waals surface area contributed by atoms with Gasteiger partial charge in [0.05, 0.1) is 5.92 Å². The number of aliphatic carboxylic acids is 3. The highest BCUT2D eigenvalue weighted by Gasteiger charge is 2.25. The Balaban J connectivity index is 4.61. The molecule has 0 aromatic rings. The molecular formula is C18H28N2O9. The summed E-state index contributed by atoms with van der Waals surface area (Å²) in [7, 11) is 1.43. The molecule has 11 nitrogen and oxygen atoms in total. The first-order chi connectivity index (χ1) is 13.5. The van der Waals surface area contributed by atoms with E-state index in [1.54, 1.807) is 0 Å². The molecule has 0 rings (SSSR count). The molecule has 1 amide bonds. The minimum Gasteiger partial charge on any atom is -0.481 e. The van der Waals surface area contributed by atoms with E-state index in [0.29, 0.717) is 0 Å². The maximum absolute atomic E-state index is 12.0. The summed E-state index contributed by atoms with van der Waals surface area (Å²) >= 11 is 0. The van der Waals surface area contributed by atoms with Crippen molar-refractivity contribution in [2.75, 3.05) is 7.05 Å². The molecule has 0 aliphatic heterocycles. The maximum atomic E-state index is 12.0. The normalized spacial score (nSPS) is 13.7. The Morgan fingerprint density at radius 3 is 1.76 bits per heavy atom. The summed E-state index contributed by atoms with van der Waals surface area (Å²) in [6, 6.07) is -2.18. The standard InChI is InChI=1S/C18H28N2O9/c1-10(21)3-6-14(18(28)29)20-15(23)8-4-11(16(24)25)9-12(22)5-7-13(19-2)17(26)27/h11,13-14,19H,3-9H2,1-2H3,(H,20,23)(H,24,25)(H,26,27)(H,28,29). The third kappa shape index (κ3) is 11.6. The summed E-state index contributed by atoms with van der Waals surface area (Å²) in [5.74, 6) is -6.21. The van der Waals surface area contributed by atoms with Crippen LogP contribution < -0.4 is 10.6 Å². The van der Waals surface area contributed by atoms with Crippen LogP contribution in [0.3, 0.4) is 0 Å². The quantitative estimate of drug-likeness (QED) is 0.226. The Kier molecular flexibility index (Phi) is 12.1. The molecule has 164 valence electrons. The minimum absolute atomic E-state index is 0.00787. The molecule has 0 aliphatic rings. The van der Waals surface area contributed by atoms with Gasteiger partial charge in [-0.1, -0.05) is 0 Å². The van der Waals surface area contributed by atoms with Gasteiger partial charge < -0.3 is 30.7 Å². The van der Waals surface area contributed by atoms with Crippen LogP contribution in [0.5, 0.6) is 0 Å².